The molecule has 0 spiro atoms. The van der Waals surface area contributed by atoms with E-state index >= 15 is 0 Å². The summed E-state index contributed by atoms with van der Waals surface area (Å²) in [5.74, 6) is -0.534. The molecule has 2 aromatic heterocycles. The molecule has 1 unspecified atom stereocenters. The zero-order valence-electron chi connectivity index (χ0n) is 15.4. The Morgan fingerprint density at radius 2 is 1.88 bits per heavy atom. The molecule has 0 saturated heterocycles. The van der Waals surface area contributed by atoms with Crippen LogP contribution in [0.3, 0.4) is 0 Å². The molecule has 0 aliphatic carbocycles. The first-order valence-electron chi connectivity index (χ1n) is 8.39. The lowest BCUT2D eigenvalue weighted by Gasteiger charge is -2.23. The maximum Gasteiger partial charge on any atom is 0.267 e. The lowest BCUT2D eigenvalue weighted by atomic mass is 9.93. The first-order valence-corrected chi connectivity index (χ1v) is 8.39. The molecule has 2 aromatic rings. The van der Waals surface area contributed by atoms with Crippen LogP contribution < -0.4 is 10.5 Å². The van der Waals surface area contributed by atoms with Gasteiger partial charge in [-0.3, -0.25) is 9.97 Å². The molecule has 0 bridgehead atoms. The van der Waals surface area contributed by atoms with E-state index in [-0.39, 0.29) is 40.6 Å². The topological polar surface area (TPSA) is 61.0 Å². The van der Waals surface area contributed by atoms with E-state index in [1.165, 1.54) is 12.3 Å². The van der Waals surface area contributed by atoms with Crippen molar-refractivity contribution in [1.82, 2.24) is 9.97 Å². The normalized spacial score (nSPS) is 13.1. The van der Waals surface area contributed by atoms with E-state index in [0.717, 1.165) is 12.3 Å². The van der Waals surface area contributed by atoms with E-state index < -0.39 is 12.2 Å². The molecular formula is C19H24F3N3O. The smallest absolute Gasteiger partial charge is 0.267 e. The predicted molar refractivity (Wildman–Crippen MR) is 94.7 cm³/mol. The molecule has 0 aliphatic rings. The largest absolute Gasteiger partial charge is 0.491 e. The van der Waals surface area contributed by atoms with Gasteiger partial charge in [-0.1, -0.05) is 6.92 Å². The van der Waals surface area contributed by atoms with Crippen molar-refractivity contribution in [2.24, 2.45) is 11.7 Å². The molecule has 0 radical (unpaired) electrons. The van der Waals surface area contributed by atoms with Gasteiger partial charge in [-0.2, -0.15) is 0 Å². The van der Waals surface area contributed by atoms with Crippen molar-refractivity contribution in [3.8, 4) is 17.0 Å². The monoisotopic (exact) mass is 367 g/mol. The molecule has 1 atom stereocenters. The van der Waals surface area contributed by atoms with Gasteiger partial charge in [0.2, 0.25) is 0 Å². The number of pyridine rings is 2. The van der Waals surface area contributed by atoms with Crippen molar-refractivity contribution >= 4 is 0 Å². The van der Waals surface area contributed by atoms with Crippen LogP contribution in [0.25, 0.3) is 11.3 Å². The fourth-order valence-corrected chi connectivity index (χ4v) is 2.83. The lowest BCUT2D eigenvalue weighted by molar-refractivity contribution is 0.142. The molecule has 4 nitrogen and oxygen atoms in total. The summed E-state index contributed by atoms with van der Waals surface area (Å²) in [5.41, 5.74) is 6.10. The summed E-state index contributed by atoms with van der Waals surface area (Å²) < 4.78 is 46.4. The average molecular weight is 367 g/mol. The van der Waals surface area contributed by atoms with Gasteiger partial charge in [-0.05, 0) is 45.2 Å². The number of halogens is 3. The van der Waals surface area contributed by atoms with Gasteiger partial charge in [0.15, 0.2) is 5.82 Å². The second-order valence-corrected chi connectivity index (χ2v) is 7.32. The van der Waals surface area contributed by atoms with E-state index in [4.69, 9.17) is 10.5 Å². The Bertz CT molecular complexity index is 760. The van der Waals surface area contributed by atoms with Crippen LogP contribution in [0.4, 0.5) is 13.2 Å². The minimum Gasteiger partial charge on any atom is -0.491 e. The summed E-state index contributed by atoms with van der Waals surface area (Å²) in [6, 6.07) is 2.63. The number of hydrogen-bond donors (Lipinski definition) is 1. The zero-order valence-corrected chi connectivity index (χ0v) is 15.4. The third kappa shape index (κ3) is 5.42. The van der Waals surface area contributed by atoms with Crippen LogP contribution >= 0.6 is 0 Å². The molecule has 7 heteroatoms. The van der Waals surface area contributed by atoms with Crippen LogP contribution in [0.5, 0.6) is 5.75 Å². The molecule has 0 saturated carbocycles. The summed E-state index contributed by atoms with van der Waals surface area (Å²) in [4.78, 5) is 7.93. The van der Waals surface area contributed by atoms with Crippen LogP contribution in [-0.4, -0.2) is 22.1 Å². The van der Waals surface area contributed by atoms with Gasteiger partial charge in [0.25, 0.3) is 6.43 Å². The minimum atomic E-state index is -2.76. The molecule has 2 N–H and O–H groups in total. The highest BCUT2D eigenvalue weighted by atomic mass is 19.3. The molecular weight excluding hydrogens is 343 g/mol. The number of hydrogen-bond acceptors (Lipinski definition) is 4. The van der Waals surface area contributed by atoms with Crippen molar-refractivity contribution in [3.05, 3.63) is 41.6 Å². The van der Waals surface area contributed by atoms with Gasteiger partial charge in [0.05, 0.1) is 30.3 Å². The number of aromatic nitrogens is 2. The highest BCUT2D eigenvalue weighted by molar-refractivity contribution is 5.62. The molecule has 2 heterocycles. The minimum absolute atomic E-state index is 0.00314. The number of ether oxygens (including phenoxy) is 1. The Labute approximate surface area is 151 Å². The van der Waals surface area contributed by atoms with Gasteiger partial charge in [0, 0.05) is 16.8 Å². The van der Waals surface area contributed by atoms with E-state index in [2.05, 4.69) is 9.97 Å². The Kier molecular flexibility index (Phi) is 6.23. The van der Waals surface area contributed by atoms with Gasteiger partial charge in [-0.25, -0.2) is 13.2 Å². The fraction of sp³-hybridized carbons (Fsp3) is 0.474. The number of aryl methyl sites for hydroxylation is 1. The number of alkyl halides is 2. The summed E-state index contributed by atoms with van der Waals surface area (Å²) in [7, 11) is 0. The van der Waals surface area contributed by atoms with Crippen molar-refractivity contribution in [2.45, 2.75) is 46.1 Å². The van der Waals surface area contributed by atoms with Gasteiger partial charge in [-0.15, -0.1) is 0 Å². The van der Waals surface area contributed by atoms with Crippen molar-refractivity contribution in [3.63, 3.8) is 0 Å². The Hall–Kier alpha value is -2.15. The Morgan fingerprint density at radius 1 is 1.19 bits per heavy atom. The van der Waals surface area contributed by atoms with Crippen LogP contribution in [0, 0.1) is 18.7 Å². The number of nitrogens with zero attached hydrogens (tertiary/aromatic N) is 2. The number of nitrogens with two attached hydrogens (primary N) is 1. The quantitative estimate of drug-likeness (QED) is 0.772. The zero-order chi connectivity index (χ0) is 19.5. The summed E-state index contributed by atoms with van der Waals surface area (Å²) in [5, 5.41) is 0. The maximum absolute atomic E-state index is 14.0. The second kappa shape index (κ2) is 8.03. The predicted octanol–water partition coefficient (Wildman–Crippen LogP) is 4.67. The summed E-state index contributed by atoms with van der Waals surface area (Å²) in [6.45, 7) is 7.66. The van der Waals surface area contributed by atoms with Gasteiger partial charge in [0.1, 0.15) is 5.75 Å². The first kappa shape index (κ1) is 20.2. The number of rotatable bonds is 7. The van der Waals surface area contributed by atoms with E-state index in [1.54, 1.807) is 6.92 Å². The molecule has 26 heavy (non-hydrogen) atoms. The summed E-state index contributed by atoms with van der Waals surface area (Å²) >= 11 is 0. The van der Waals surface area contributed by atoms with Crippen molar-refractivity contribution in [1.29, 1.82) is 0 Å². The Morgan fingerprint density at radius 3 is 2.50 bits per heavy atom. The molecule has 142 valence electrons. The SMILES string of the molecule is Cc1cc(-c2cc(C(F)F)c(OCC(C)CC(C)(C)N)cn2)c(F)cn1. The molecule has 0 fully saturated rings. The second-order valence-electron chi connectivity index (χ2n) is 7.32. The van der Waals surface area contributed by atoms with Crippen LogP contribution in [0.15, 0.2) is 24.5 Å². The molecule has 0 aliphatic heterocycles. The van der Waals surface area contributed by atoms with Crippen molar-refractivity contribution in [2.75, 3.05) is 6.61 Å². The standard InChI is InChI=1S/C19H24F3N3O/c1-11(7-19(3,4)23)10-26-17-9-25-16(6-14(17)18(21)22)13-5-12(2)24-8-15(13)20/h5-6,8-9,11,18H,7,10,23H2,1-4H3. The molecule has 0 amide bonds. The highest BCUT2D eigenvalue weighted by Crippen LogP contribution is 2.33. The molecule has 2 rings (SSSR count). The third-order valence-corrected chi connectivity index (χ3v) is 3.80. The van der Waals surface area contributed by atoms with Crippen LogP contribution in [0.2, 0.25) is 0 Å². The van der Waals surface area contributed by atoms with Gasteiger partial charge < -0.3 is 10.5 Å². The Balaban J connectivity index is 2.25. The average Bonchev–Trinajstić information content (AvgIpc) is 2.53. The molecule has 0 aromatic carbocycles. The highest BCUT2D eigenvalue weighted by Gasteiger charge is 2.20. The lowest BCUT2D eigenvalue weighted by Crippen LogP contribution is -2.35. The fourth-order valence-electron chi connectivity index (χ4n) is 2.83. The van der Waals surface area contributed by atoms with Gasteiger partial charge >= 0.3 is 0 Å². The van der Waals surface area contributed by atoms with E-state index in [1.807, 2.05) is 20.8 Å². The van der Waals surface area contributed by atoms with Crippen LogP contribution in [0.1, 0.15) is 44.9 Å². The van der Waals surface area contributed by atoms with E-state index in [0.29, 0.717) is 12.1 Å². The first-order chi connectivity index (χ1) is 12.1. The maximum atomic E-state index is 14.0. The van der Waals surface area contributed by atoms with E-state index in [9.17, 15) is 13.2 Å². The van der Waals surface area contributed by atoms with Crippen LogP contribution in [-0.2, 0) is 0 Å². The summed E-state index contributed by atoms with van der Waals surface area (Å²) in [6.07, 6.45) is 0.185. The third-order valence-electron chi connectivity index (χ3n) is 3.80. The van der Waals surface area contributed by atoms with Crippen molar-refractivity contribution < 1.29 is 17.9 Å².